The van der Waals surface area contributed by atoms with Crippen LogP contribution < -0.4 is 5.32 Å². The maximum absolute atomic E-state index is 13.4. The first-order chi connectivity index (χ1) is 21.4. The van der Waals surface area contributed by atoms with Crippen LogP contribution in [0.4, 0.5) is 4.79 Å². The average Bonchev–Trinajstić information content (AvgIpc) is 3.36. The molecule has 9 atom stereocenters. The van der Waals surface area contributed by atoms with Crippen LogP contribution in [0.3, 0.4) is 0 Å². The van der Waals surface area contributed by atoms with Crippen LogP contribution in [0.15, 0.2) is 42.0 Å². The van der Waals surface area contributed by atoms with Gasteiger partial charge in [-0.25, -0.2) is 9.59 Å². The van der Waals surface area contributed by atoms with E-state index in [2.05, 4.69) is 46.0 Å². The maximum atomic E-state index is 13.4. The highest BCUT2D eigenvalue weighted by molar-refractivity contribution is 5.81. The average molecular weight is 620 g/mol. The summed E-state index contributed by atoms with van der Waals surface area (Å²) in [7, 11) is 0. The first kappa shape index (κ1) is 34.0. The van der Waals surface area contributed by atoms with E-state index in [1.807, 2.05) is 44.2 Å². The van der Waals surface area contributed by atoms with Crippen LogP contribution in [0, 0.1) is 52.3 Å². The Morgan fingerprint density at radius 1 is 0.933 bits per heavy atom. The number of alkyl carbamates (subject to hydrolysis) is 1. The van der Waals surface area contributed by atoms with Gasteiger partial charge in [-0.1, -0.05) is 110 Å². The molecule has 0 unspecified atom stereocenters. The number of carbonyl (C=O) groups is 2. The van der Waals surface area contributed by atoms with Gasteiger partial charge in [-0.15, -0.1) is 0 Å². The topological polar surface area (TPSA) is 64.6 Å². The molecule has 0 aliphatic heterocycles. The second-order valence-corrected chi connectivity index (χ2v) is 16.5. The molecule has 0 heterocycles. The van der Waals surface area contributed by atoms with E-state index in [-0.39, 0.29) is 30.0 Å². The van der Waals surface area contributed by atoms with Crippen molar-refractivity contribution in [2.75, 3.05) is 0 Å². The van der Waals surface area contributed by atoms with Crippen molar-refractivity contribution in [2.24, 2.45) is 52.3 Å². The third kappa shape index (κ3) is 7.33. The minimum Gasteiger partial charge on any atom is -0.461 e. The van der Waals surface area contributed by atoms with Gasteiger partial charge in [0.1, 0.15) is 18.8 Å². The lowest BCUT2D eigenvalue weighted by Gasteiger charge is -2.58. The van der Waals surface area contributed by atoms with E-state index in [1.165, 1.54) is 56.9 Å². The highest BCUT2D eigenvalue weighted by Crippen LogP contribution is 2.67. The van der Waals surface area contributed by atoms with E-state index in [9.17, 15) is 9.59 Å². The van der Waals surface area contributed by atoms with E-state index >= 15 is 0 Å². The summed E-state index contributed by atoms with van der Waals surface area (Å²) in [6.45, 7) is 16.5. The van der Waals surface area contributed by atoms with Gasteiger partial charge in [0.2, 0.25) is 0 Å². The van der Waals surface area contributed by atoms with Crippen molar-refractivity contribution >= 4 is 12.1 Å². The zero-order valence-electron chi connectivity index (χ0n) is 29.3. The lowest BCUT2D eigenvalue weighted by Crippen LogP contribution is -2.51. The maximum Gasteiger partial charge on any atom is 0.408 e. The van der Waals surface area contributed by atoms with Crippen molar-refractivity contribution in [3.8, 4) is 0 Å². The summed E-state index contributed by atoms with van der Waals surface area (Å²) in [5.41, 5.74) is 3.13. The lowest BCUT2D eigenvalue weighted by atomic mass is 9.47. The molecule has 0 aromatic heterocycles. The second kappa shape index (κ2) is 14.2. The molecule has 45 heavy (non-hydrogen) atoms. The molecular formula is C40H61NO4. The minimum atomic E-state index is -0.731. The van der Waals surface area contributed by atoms with E-state index in [0.717, 1.165) is 60.3 Å². The highest BCUT2D eigenvalue weighted by atomic mass is 16.6. The Kier molecular flexibility index (Phi) is 10.8. The van der Waals surface area contributed by atoms with Crippen LogP contribution in [-0.2, 0) is 20.9 Å². The van der Waals surface area contributed by atoms with Crippen LogP contribution in [0.2, 0.25) is 0 Å². The number of ether oxygens (including phenoxy) is 2. The summed E-state index contributed by atoms with van der Waals surface area (Å²) in [5, 5.41) is 2.78. The van der Waals surface area contributed by atoms with Crippen LogP contribution >= 0.6 is 0 Å². The summed E-state index contributed by atoms with van der Waals surface area (Å²) >= 11 is 0. The second-order valence-electron chi connectivity index (χ2n) is 16.5. The molecule has 5 nitrogen and oxygen atoms in total. The van der Waals surface area contributed by atoms with Gasteiger partial charge in [0.05, 0.1) is 0 Å². The number of fused-ring (bicyclic) bond motifs is 5. The number of carbonyl (C=O) groups excluding carboxylic acids is 2. The van der Waals surface area contributed by atoms with Gasteiger partial charge in [-0.3, -0.25) is 0 Å². The van der Waals surface area contributed by atoms with Crippen molar-refractivity contribution in [2.45, 2.75) is 138 Å². The fourth-order valence-electron chi connectivity index (χ4n) is 10.4. The van der Waals surface area contributed by atoms with Gasteiger partial charge < -0.3 is 14.8 Å². The molecule has 4 aliphatic rings. The number of rotatable bonds is 11. The summed E-state index contributed by atoms with van der Waals surface area (Å²) in [4.78, 5) is 25.9. The molecule has 0 saturated heterocycles. The van der Waals surface area contributed by atoms with E-state index in [0.29, 0.717) is 5.41 Å². The molecule has 1 aromatic carbocycles. The van der Waals surface area contributed by atoms with Crippen LogP contribution in [0.25, 0.3) is 0 Å². The molecule has 1 N–H and O–H groups in total. The van der Waals surface area contributed by atoms with Gasteiger partial charge in [-0.2, -0.15) is 0 Å². The predicted molar refractivity (Wildman–Crippen MR) is 181 cm³/mol. The number of allylic oxidation sites excluding steroid dienone is 1. The van der Waals surface area contributed by atoms with Gasteiger partial charge in [0.15, 0.2) is 0 Å². The fourth-order valence-corrected chi connectivity index (χ4v) is 10.4. The van der Waals surface area contributed by atoms with Gasteiger partial charge >= 0.3 is 12.1 Å². The molecule has 1 aromatic rings. The summed E-state index contributed by atoms with van der Waals surface area (Å²) in [6.07, 6.45) is 15.5. The fraction of sp³-hybridized carbons (Fsp3) is 0.750. The number of hydrogen-bond donors (Lipinski definition) is 1. The van der Waals surface area contributed by atoms with Crippen molar-refractivity contribution < 1.29 is 19.1 Å². The smallest absolute Gasteiger partial charge is 0.408 e. The van der Waals surface area contributed by atoms with Crippen molar-refractivity contribution in [3.05, 3.63) is 47.5 Å². The summed E-state index contributed by atoms with van der Waals surface area (Å²) in [6, 6.07) is 8.84. The third-order valence-corrected chi connectivity index (χ3v) is 12.9. The van der Waals surface area contributed by atoms with E-state index < -0.39 is 12.1 Å². The molecule has 0 bridgehead atoms. The Labute approximate surface area is 273 Å². The zero-order valence-corrected chi connectivity index (χ0v) is 29.3. The normalized spacial score (nSPS) is 33.8. The van der Waals surface area contributed by atoms with E-state index in [4.69, 9.17) is 9.47 Å². The van der Waals surface area contributed by atoms with Crippen LogP contribution in [-0.4, -0.2) is 24.2 Å². The molecule has 0 spiro atoms. The summed E-state index contributed by atoms with van der Waals surface area (Å²) in [5.74, 6) is 4.45. The quantitative estimate of drug-likeness (QED) is 0.198. The SMILES string of the molecule is CC(C)CCC[C@@H](C)[C@H]1CC[C@H]2[C@@H]3CC=C4C[C@@H](OC(=O)[C@@H](NC(=O)OCc5ccccc5)C(C)C)CC[C@]4(C)[C@H]3CC[C@]12C. The first-order valence-electron chi connectivity index (χ1n) is 18.3. The molecule has 5 heteroatoms. The first-order valence-corrected chi connectivity index (χ1v) is 18.3. The highest BCUT2D eigenvalue weighted by Gasteiger charge is 2.59. The van der Waals surface area contributed by atoms with Crippen molar-refractivity contribution in [3.63, 3.8) is 0 Å². The molecular weight excluding hydrogens is 558 g/mol. The third-order valence-electron chi connectivity index (χ3n) is 12.9. The number of benzene rings is 1. The lowest BCUT2D eigenvalue weighted by molar-refractivity contribution is -0.155. The Hall–Kier alpha value is -2.30. The number of esters is 1. The molecule has 1 amide bonds. The van der Waals surface area contributed by atoms with Crippen molar-refractivity contribution in [1.29, 1.82) is 0 Å². The van der Waals surface area contributed by atoms with Crippen LogP contribution in [0.5, 0.6) is 0 Å². The Morgan fingerprint density at radius 2 is 1.69 bits per heavy atom. The standard InChI is InChI=1S/C40H61NO4/c1-26(2)12-11-13-28(5)33-18-19-34-32-17-16-30-24-31(20-22-39(30,6)35(32)21-23-40(33,34)7)45-37(42)36(27(3)4)41-38(43)44-25-29-14-9-8-10-15-29/h8-10,14-16,26-28,31-36H,11-13,17-25H2,1-7H3,(H,41,43)/t28-,31+,32+,33-,34+,35+,36+,39+,40-/m1/s1. The monoisotopic (exact) mass is 619 g/mol. The molecule has 5 rings (SSSR count). The predicted octanol–water partition coefficient (Wildman–Crippen LogP) is 9.89. The minimum absolute atomic E-state index is 0.102. The molecule has 4 aliphatic carbocycles. The number of hydrogen-bond acceptors (Lipinski definition) is 4. The largest absolute Gasteiger partial charge is 0.461 e. The number of amides is 1. The molecule has 3 fully saturated rings. The molecule has 0 radical (unpaired) electrons. The van der Waals surface area contributed by atoms with Gasteiger partial charge in [-0.05, 0) is 103 Å². The molecule has 250 valence electrons. The Morgan fingerprint density at radius 3 is 2.40 bits per heavy atom. The van der Waals surface area contributed by atoms with Gasteiger partial charge in [0, 0.05) is 6.42 Å². The van der Waals surface area contributed by atoms with E-state index in [1.54, 1.807) is 0 Å². The summed E-state index contributed by atoms with van der Waals surface area (Å²) < 4.78 is 11.5. The van der Waals surface area contributed by atoms with Crippen LogP contribution in [0.1, 0.15) is 125 Å². The number of nitrogens with one attached hydrogen (secondary N) is 1. The van der Waals surface area contributed by atoms with Gasteiger partial charge in [0.25, 0.3) is 0 Å². The molecule has 3 saturated carbocycles. The zero-order chi connectivity index (χ0) is 32.4. The Balaban J connectivity index is 1.18. The van der Waals surface area contributed by atoms with Crippen molar-refractivity contribution in [1.82, 2.24) is 5.32 Å². The Bertz CT molecular complexity index is 1190.